The maximum absolute atomic E-state index is 10.7. The highest BCUT2D eigenvalue weighted by Crippen LogP contribution is 2.35. The molecule has 0 spiro atoms. The average molecular weight is 269 g/mol. The van der Waals surface area contributed by atoms with Gasteiger partial charge in [-0.05, 0) is 24.5 Å². The Morgan fingerprint density at radius 1 is 1.16 bits per heavy atom. The highest BCUT2D eigenvalue weighted by atomic mass is 16.5. The van der Waals surface area contributed by atoms with E-state index < -0.39 is 12.0 Å². The lowest BCUT2D eigenvalue weighted by molar-refractivity contribution is -0.138. The van der Waals surface area contributed by atoms with Crippen LogP contribution in [0.25, 0.3) is 0 Å². The average Bonchev–Trinajstić information content (AvgIpc) is 2.43. The minimum atomic E-state index is -1.01. The van der Waals surface area contributed by atoms with E-state index in [0.717, 1.165) is 5.56 Å². The van der Waals surface area contributed by atoms with E-state index in [1.807, 2.05) is 0 Å². The summed E-state index contributed by atoms with van der Waals surface area (Å²) in [6.07, 6.45) is 0.804. The van der Waals surface area contributed by atoms with Gasteiger partial charge in [0.1, 0.15) is 11.8 Å². The molecule has 0 saturated heterocycles. The number of aliphatic carboxylic acids is 1. The van der Waals surface area contributed by atoms with Crippen molar-refractivity contribution in [1.29, 1.82) is 0 Å². The lowest BCUT2D eigenvalue weighted by atomic mass is 10.0. The number of carboxylic acid groups (broad SMARTS) is 1. The largest absolute Gasteiger partial charge is 0.496 e. The summed E-state index contributed by atoms with van der Waals surface area (Å²) in [5, 5.41) is 8.77. The molecule has 0 amide bonds. The first-order valence-corrected chi connectivity index (χ1v) is 5.80. The summed E-state index contributed by atoms with van der Waals surface area (Å²) in [6.45, 7) is 0. The van der Waals surface area contributed by atoms with Crippen LogP contribution in [0.1, 0.15) is 12.0 Å². The molecule has 0 aromatic heterocycles. The number of rotatable bonds is 7. The fourth-order valence-corrected chi connectivity index (χ4v) is 1.72. The smallest absolute Gasteiger partial charge is 0.320 e. The van der Waals surface area contributed by atoms with E-state index in [0.29, 0.717) is 30.1 Å². The Hall–Kier alpha value is -1.95. The Bertz CT molecular complexity index is 447. The van der Waals surface area contributed by atoms with Crippen LogP contribution in [-0.4, -0.2) is 38.4 Å². The zero-order valence-electron chi connectivity index (χ0n) is 11.3. The van der Waals surface area contributed by atoms with Gasteiger partial charge in [0.2, 0.25) is 0 Å². The van der Waals surface area contributed by atoms with Gasteiger partial charge in [-0.25, -0.2) is 0 Å². The molecule has 0 bridgehead atoms. The van der Waals surface area contributed by atoms with E-state index in [9.17, 15) is 4.79 Å². The Labute approximate surface area is 112 Å². The van der Waals surface area contributed by atoms with Crippen molar-refractivity contribution in [1.82, 2.24) is 0 Å². The van der Waals surface area contributed by atoms with Crippen molar-refractivity contribution in [3.05, 3.63) is 17.7 Å². The van der Waals surface area contributed by atoms with Gasteiger partial charge in [-0.2, -0.15) is 0 Å². The van der Waals surface area contributed by atoms with Gasteiger partial charge >= 0.3 is 5.97 Å². The third-order valence-corrected chi connectivity index (χ3v) is 2.83. The van der Waals surface area contributed by atoms with E-state index in [1.54, 1.807) is 19.2 Å². The number of hydrogen-bond acceptors (Lipinski definition) is 5. The summed E-state index contributed by atoms with van der Waals surface area (Å²) in [6, 6.07) is 2.59. The molecule has 6 nitrogen and oxygen atoms in total. The van der Waals surface area contributed by atoms with Crippen LogP contribution in [-0.2, 0) is 11.2 Å². The predicted octanol–water partition coefficient (Wildman–Crippen LogP) is 1.06. The fourth-order valence-electron chi connectivity index (χ4n) is 1.72. The molecule has 0 aliphatic carbocycles. The van der Waals surface area contributed by atoms with Crippen molar-refractivity contribution in [2.24, 2.45) is 5.73 Å². The van der Waals surface area contributed by atoms with Crippen LogP contribution >= 0.6 is 0 Å². The molecular weight excluding hydrogens is 250 g/mol. The Morgan fingerprint density at radius 2 is 1.68 bits per heavy atom. The number of methoxy groups -OCH3 is 3. The third-order valence-electron chi connectivity index (χ3n) is 2.83. The molecule has 0 aliphatic rings. The molecule has 1 aromatic rings. The summed E-state index contributed by atoms with van der Waals surface area (Å²) < 4.78 is 15.6. The summed E-state index contributed by atoms with van der Waals surface area (Å²) >= 11 is 0. The Balaban J connectivity index is 2.95. The van der Waals surface area contributed by atoms with Gasteiger partial charge in [0.15, 0.2) is 11.5 Å². The van der Waals surface area contributed by atoms with Crippen LogP contribution in [0.2, 0.25) is 0 Å². The zero-order chi connectivity index (χ0) is 14.4. The molecule has 3 N–H and O–H groups in total. The molecule has 19 heavy (non-hydrogen) atoms. The second-order valence-electron chi connectivity index (χ2n) is 4.00. The number of benzene rings is 1. The molecule has 0 radical (unpaired) electrons. The molecule has 1 atom stereocenters. The molecular formula is C13H19NO5. The van der Waals surface area contributed by atoms with Crippen molar-refractivity contribution in [3.8, 4) is 17.2 Å². The molecule has 106 valence electrons. The predicted molar refractivity (Wildman–Crippen MR) is 70.0 cm³/mol. The lowest BCUT2D eigenvalue weighted by Crippen LogP contribution is -2.30. The van der Waals surface area contributed by atoms with Crippen molar-refractivity contribution in [3.63, 3.8) is 0 Å². The molecule has 6 heteroatoms. The minimum Gasteiger partial charge on any atom is -0.496 e. The van der Waals surface area contributed by atoms with Gasteiger partial charge in [0.05, 0.1) is 21.3 Å². The molecule has 0 heterocycles. The fraction of sp³-hybridized carbons (Fsp3) is 0.462. The number of ether oxygens (including phenoxy) is 3. The first-order chi connectivity index (χ1) is 9.03. The van der Waals surface area contributed by atoms with Crippen LogP contribution in [0.3, 0.4) is 0 Å². The first kappa shape index (κ1) is 15.1. The molecule has 0 fully saturated rings. The quantitative estimate of drug-likeness (QED) is 0.769. The van der Waals surface area contributed by atoms with E-state index in [2.05, 4.69) is 0 Å². The summed E-state index contributed by atoms with van der Waals surface area (Å²) in [5.74, 6) is 0.738. The Morgan fingerprint density at radius 3 is 2.16 bits per heavy atom. The van der Waals surface area contributed by atoms with Gasteiger partial charge in [-0.15, -0.1) is 0 Å². The topological polar surface area (TPSA) is 91.0 Å². The molecule has 0 unspecified atom stereocenters. The van der Waals surface area contributed by atoms with Crippen molar-refractivity contribution < 1.29 is 24.1 Å². The number of carboxylic acids is 1. The van der Waals surface area contributed by atoms with Crippen LogP contribution in [0.4, 0.5) is 0 Å². The van der Waals surface area contributed by atoms with Gasteiger partial charge in [0, 0.05) is 6.07 Å². The SMILES string of the molecule is COc1cc(OC)c(OC)cc1CC[C@@H](N)C(=O)O. The molecule has 1 rings (SSSR count). The van der Waals surface area contributed by atoms with Crippen LogP contribution in [0.5, 0.6) is 17.2 Å². The van der Waals surface area contributed by atoms with E-state index in [-0.39, 0.29) is 0 Å². The van der Waals surface area contributed by atoms with Gasteiger partial charge in [0.25, 0.3) is 0 Å². The third kappa shape index (κ3) is 3.75. The number of carbonyl (C=O) groups is 1. The second kappa shape index (κ2) is 6.84. The van der Waals surface area contributed by atoms with Crippen molar-refractivity contribution in [2.45, 2.75) is 18.9 Å². The first-order valence-electron chi connectivity index (χ1n) is 5.80. The van der Waals surface area contributed by atoms with Crippen LogP contribution in [0.15, 0.2) is 12.1 Å². The second-order valence-corrected chi connectivity index (χ2v) is 4.00. The van der Waals surface area contributed by atoms with E-state index in [1.165, 1.54) is 14.2 Å². The number of aryl methyl sites for hydroxylation is 1. The van der Waals surface area contributed by atoms with Crippen molar-refractivity contribution in [2.75, 3.05) is 21.3 Å². The maximum Gasteiger partial charge on any atom is 0.320 e. The molecule has 0 saturated carbocycles. The molecule has 1 aromatic carbocycles. The Kier molecular flexibility index (Phi) is 5.44. The zero-order valence-corrected chi connectivity index (χ0v) is 11.3. The standard InChI is InChI=1S/C13H19NO5/c1-17-10-7-12(19-3)11(18-2)6-8(10)4-5-9(14)13(15)16/h6-7,9H,4-5,14H2,1-3H3,(H,15,16)/t9-/m1/s1. The lowest BCUT2D eigenvalue weighted by Gasteiger charge is -2.14. The van der Waals surface area contributed by atoms with Crippen LogP contribution in [0, 0.1) is 0 Å². The monoisotopic (exact) mass is 269 g/mol. The number of hydrogen-bond donors (Lipinski definition) is 2. The van der Waals surface area contributed by atoms with E-state index in [4.69, 9.17) is 25.1 Å². The highest BCUT2D eigenvalue weighted by Gasteiger charge is 2.15. The minimum absolute atomic E-state index is 0.321. The summed E-state index contributed by atoms with van der Waals surface area (Å²) in [4.78, 5) is 10.7. The van der Waals surface area contributed by atoms with Gasteiger partial charge < -0.3 is 25.1 Å². The van der Waals surface area contributed by atoms with Crippen LogP contribution < -0.4 is 19.9 Å². The summed E-state index contributed by atoms with van der Waals surface area (Å²) in [7, 11) is 4.62. The highest BCUT2D eigenvalue weighted by molar-refractivity contribution is 5.73. The maximum atomic E-state index is 10.7. The van der Waals surface area contributed by atoms with E-state index >= 15 is 0 Å². The van der Waals surface area contributed by atoms with Gasteiger partial charge in [-0.1, -0.05) is 0 Å². The number of nitrogens with two attached hydrogens (primary N) is 1. The van der Waals surface area contributed by atoms with Crippen molar-refractivity contribution >= 4 is 5.97 Å². The summed E-state index contributed by atoms with van der Waals surface area (Å²) in [5.41, 5.74) is 6.32. The van der Waals surface area contributed by atoms with Gasteiger partial charge in [-0.3, -0.25) is 4.79 Å². The molecule has 0 aliphatic heterocycles. The normalized spacial score (nSPS) is 11.8.